The zero-order valence-corrected chi connectivity index (χ0v) is 43.0. The highest BCUT2D eigenvalue weighted by atomic mass is 16.2. The number of nitrogens with zero attached hydrogens (tertiary/aromatic N) is 2. The Morgan fingerprint density at radius 2 is 0.905 bits per heavy atom. The van der Waals surface area contributed by atoms with E-state index in [1.807, 2.05) is 24.3 Å². The minimum Gasteiger partial charge on any atom is -0.347 e. The molecule has 392 valence electrons. The molecule has 17 nitrogen and oxygen atoms in total. The molecule has 0 saturated carbocycles. The van der Waals surface area contributed by atoms with E-state index in [9.17, 15) is 33.6 Å². The van der Waals surface area contributed by atoms with Crippen molar-refractivity contribution in [3.05, 3.63) is 130 Å². The molecule has 0 spiro atoms. The van der Waals surface area contributed by atoms with Gasteiger partial charge in [-0.15, -0.1) is 0 Å². The molecule has 2 aliphatic carbocycles. The van der Waals surface area contributed by atoms with Gasteiger partial charge in [0, 0.05) is 37.3 Å². The zero-order chi connectivity index (χ0) is 52.3. The molecule has 0 radical (unpaired) electrons. The van der Waals surface area contributed by atoms with Gasteiger partial charge in [0.25, 0.3) is 0 Å². The number of anilines is 2. The van der Waals surface area contributed by atoms with Crippen molar-refractivity contribution in [2.24, 2.45) is 0 Å². The first-order valence-corrected chi connectivity index (χ1v) is 26.4. The monoisotopic (exact) mass is 1010 g/mol. The summed E-state index contributed by atoms with van der Waals surface area (Å²) in [5.41, 5.74) is 7.17. The van der Waals surface area contributed by atoms with Gasteiger partial charge in [-0.3, -0.25) is 28.8 Å². The van der Waals surface area contributed by atoms with Crippen LogP contribution in [0, 0.1) is 0 Å². The number of fused-ring (bicyclic) bond motifs is 2. The molecule has 17 heteroatoms. The highest BCUT2D eigenvalue weighted by Gasteiger charge is 2.41. The van der Waals surface area contributed by atoms with E-state index in [-0.39, 0.29) is 60.4 Å². The lowest BCUT2D eigenvalue weighted by Gasteiger charge is -2.32. The quantitative estimate of drug-likeness (QED) is 0.0674. The lowest BCUT2D eigenvalue weighted by atomic mass is 9.87. The van der Waals surface area contributed by atoms with E-state index in [0.29, 0.717) is 50.1 Å². The third kappa shape index (κ3) is 13.0. The Morgan fingerprint density at radius 1 is 0.514 bits per heavy atom. The molecular formula is C57H72N10O7. The van der Waals surface area contributed by atoms with E-state index in [0.717, 1.165) is 60.8 Å². The summed E-state index contributed by atoms with van der Waals surface area (Å²) in [4.78, 5) is 99.2. The van der Waals surface area contributed by atoms with Crippen molar-refractivity contribution in [1.82, 2.24) is 41.7 Å². The third-order valence-electron chi connectivity index (χ3n) is 15.2. The van der Waals surface area contributed by atoms with Gasteiger partial charge in [-0.25, -0.2) is 4.79 Å². The van der Waals surface area contributed by atoms with Gasteiger partial charge < -0.3 is 52.3 Å². The molecule has 74 heavy (non-hydrogen) atoms. The second kappa shape index (κ2) is 24.7. The molecule has 2 heterocycles. The van der Waals surface area contributed by atoms with Crippen molar-refractivity contribution < 1.29 is 33.6 Å². The summed E-state index contributed by atoms with van der Waals surface area (Å²) in [5.74, 6) is -1.71. The minimum absolute atomic E-state index is 0.120. The van der Waals surface area contributed by atoms with E-state index < -0.39 is 42.3 Å². The Hall–Kier alpha value is -7.11. The lowest BCUT2D eigenvalue weighted by Crippen LogP contribution is -2.56. The van der Waals surface area contributed by atoms with Crippen LogP contribution in [0.15, 0.2) is 97.1 Å². The van der Waals surface area contributed by atoms with Crippen LogP contribution in [0.1, 0.15) is 111 Å². The molecule has 8 unspecified atom stereocenters. The smallest absolute Gasteiger partial charge is 0.323 e. The van der Waals surface area contributed by atoms with Gasteiger partial charge in [-0.05, 0) is 150 Å². The molecule has 4 aliphatic rings. The van der Waals surface area contributed by atoms with Crippen LogP contribution < -0.4 is 42.5 Å². The number of hydrogen-bond acceptors (Lipinski definition) is 9. The highest BCUT2D eigenvalue weighted by molar-refractivity contribution is 6.00. The predicted molar refractivity (Wildman–Crippen MR) is 284 cm³/mol. The number of urea groups is 1. The van der Waals surface area contributed by atoms with Gasteiger partial charge in [0.15, 0.2) is 0 Å². The standard InChI is InChI=1S/C57H72N10O7/c1-35(58-3)51(68)64-47(55(72)66-31-11-21-49(66)53(70)62-45-19-9-15-39-13-5-7-17-43(39)45)33-37-23-27-41(28-24-37)60-57(74)61-42-29-25-38(26-30-42)34-48(65-52(69)36(2)59-4)56(73)67-32-12-22-50(67)54(71)63-46-20-10-16-40-14-6-8-18-44(40)46/h5-8,13-14,17-18,23-30,35-36,45-50,58-59H,9-12,15-16,19-22,31-34H2,1-4H3,(H,62,70)(H,63,71)(H,64,68)(H,65,69)(H2,60,61,74). The number of carbonyl (C=O) groups is 7. The van der Waals surface area contributed by atoms with Crippen molar-refractivity contribution in [2.45, 2.75) is 139 Å². The molecule has 0 aromatic heterocycles. The van der Waals surface area contributed by atoms with Crippen molar-refractivity contribution in [2.75, 3.05) is 37.8 Å². The average Bonchev–Trinajstić information content (AvgIpc) is 4.13. The Morgan fingerprint density at radius 3 is 1.30 bits per heavy atom. The van der Waals surface area contributed by atoms with E-state index in [1.54, 1.807) is 86.3 Å². The summed E-state index contributed by atoms with van der Waals surface area (Å²) in [6.07, 6.45) is 8.26. The van der Waals surface area contributed by atoms with Gasteiger partial charge in [-0.2, -0.15) is 0 Å². The number of rotatable bonds is 18. The van der Waals surface area contributed by atoms with Crippen molar-refractivity contribution in [3.63, 3.8) is 0 Å². The van der Waals surface area contributed by atoms with Crippen molar-refractivity contribution in [3.8, 4) is 0 Å². The SMILES string of the molecule is CNC(C)C(=O)NC(Cc1ccc(NC(=O)Nc2ccc(CC(NC(=O)C(C)NC)C(=O)N3CCCC3C(=O)NC3CCCc4ccccc43)cc2)cc1)C(=O)N1CCCC1C(=O)NC1CCCc2ccccc21. The fourth-order valence-electron chi connectivity index (χ4n) is 10.8. The molecule has 8 atom stereocenters. The Balaban J connectivity index is 0.872. The van der Waals surface area contributed by atoms with E-state index >= 15 is 0 Å². The fourth-order valence-corrected chi connectivity index (χ4v) is 10.8. The Kier molecular flexibility index (Phi) is 17.8. The van der Waals surface area contributed by atoms with Crippen LogP contribution in [0.25, 0.3) is 0 Å². The van der Waals surface area contributed by atoms with Crippen molar-refractivity contribution in [1.29, 1.82) is 0 Å². The maximum atomic E-state index is 14.3. The first-order valence-electron chi connectivity index (χ1n) is 26.4. The van der Waals surface area contributed by atoms with Crippen LogP contribution >= 0.6 is 0 Å². The zero-order valence-electron chi connectivity index (χ0n) is 43.0. The second-order valence-corrected chi connectivity index (χ2v) is 20.2. The first kappa shape index (κ1) is 53.2. The molecular weight excluding hydrogens is 937 g/mol. The number of likely N-dealkylation sites (N-methyl/N-ethyl adjacent to an activating group) is 2. The van der Waals surface area contributed by atoms with Crippen LogP contribution in [-0.2, 0) is 54.5 Å². The summed E-state index contributed by atoms with van der Waals surface area (Å²) in [6, 6.07) is 25.3. The lowest BCUT2D eigenvalue weighted by molar-refractivity contribution is -0.141. The average molecular weight is 1010 g/mol. The predicted octanol–water partition coefficient (Wildman–Crippen LogP) is 4.97. The number of hydrogen-bond donors (Lipinski definition) is 8. The van der Waals surface area contributed by atoms with Gasteiger partial charge in [0.1, 0.15) is 24.2 Å². The molecule has 4 aromatic carbocycles. The normalized spacial score (nSPS) is 20.6. The van der Waals surface area contributed by atoms with Crippen LogP contribution in [0.3, 0.4) is 0 Å². The highest BCUT2D eigenvalue weighted by Crippen LogP contribution is 2.32. The first-order chi connectivity index (χ1) is 35.8. The maximum absolute atomic E-state index is 14.3. The summed E-state index contributed by atoms with van der Waals surface area (Å²) in [7, 11) is 3.34. The van der Waals surface area contributed by atoms with Crippen molar-refractivity contribution >= 4 is 52.8 Å². The molecule has 0 bridgehead atoms. The molecule has 4 aromatic rings. The maximum Gasteiger partial charge on any atom is 0.323 e. The van der Waals surface area contributed by atoms with E-state index in [2.05, 4.69) is 66.8 Å². The molecule has 8 N–H and O–H groups in total. The molecule has 8 amide bonds. The molecule has 2 fully saturated rings. The largest absolute Gasteiger partial charge is 0.347 e. The number of carbonyl (C=O) groups excluding carboxylic acids is 7. The number of likely N-dealkylation sites (tertiary alicyclic amines) is 2. The second-order valence-electron chi connectivity index (χ2n) is 20.2. The van der Waals surface area contributed by atoms with E-state index in [4.69, 9.17) is 0 Å². The topological polar surface area (TPSA) is 222 Å². The van der Waals surface area contributed by atoms with Gasteiger partial charge in [-0.1, -0.05) is 72.8 Å². The number of benzene rings is 4. The summed E-state index contributed by atoms with van der Waals surface area (Å²) in [6.45, 7) is 4.23. The number of amides is 8. The summed E-state index contributed by atoms with van der Waals surface area (Å²) < 4.78 is 0. The fraction of sp³-hybridized carbons (Fsp3) is 0.456. The van der Waals surface area contributed by atoms with Crippen LogP contribution in [0.4, 0.5) is 16.2 Å². The molecule has 2 saturated heterocycles. The Labute approximate surface area is 434 Å². The minimum atomic E-state index is -0.942. The summed E-state index contributed by atoms with van der Waals surface area (Å²) in [5, 5.41) is 23.9. The van der Waals surface area contributed by atoms with Crippen LogP contribution in [-0.4, -0.2) is 115 Å². The van der Waals surface area contributed by atoms with E-state index in [1.165, 1.54) is 11.1 Å². The Bertz CT molecular complexity index is 2480. The van der Waals surface area contributed by atoms with Crippen LogP contribution in [0.5, 0.6) is 0 Å². The molecule has 8 rings (SSSR count). The van der Waals surface area contributed by atoms with Crippen LogP contribution in [0.2, 0.25) is 0 Å². The summed E-state index contributed by atoms with van der Waals surface area (Å²) >= 11 is 0. The van der Waals surface area contributed by atoms with Gasteiger partial charge in [0.2, 0.25) is 35.4 Å². The van der Waals surface area contributed by atoms with Gasteiger partial charge in [0.05, 0.1) is 24.2 Å². The molecule has 2 aliphatic heterocycles. The number of aryl methyl sites for hydroxylation is 2. The number of nitrogens with one attached hydrogen (secondary N) is 8. The third-order valence-corrected chi connectivity index (χ3v) is 15.2. The van der Waals surface area contributed by atoms with Gasteiger partial charge >= 0.3 is 6.03 Å².